The van der Waals surface area contributed by atoms with Gasteiger partial charge in [-0.15, -0.1) is 24.0 Å². The van der Waals surface area contributed by atoms with Gasteiger partial charge >= 0.3 is 0 Å². The second kappa shape index (κ2) is 18.8. The van der Waals surface area contributed by atoms with Gasteiger partial charge in [0.15, 0.2) is 5.96 Å². The van der Waals surface area contributed by atoms with E-state index in [-0.39, 0.29) is 30.1 Å². The predicted molar refractivity (Wildman–Crippen MR) is 136 cm³/mol. The number of nitrogens with one attached hydrogen (secondary N) is 2. The van der Waals surface area contributed by atoms with Gasteiger partial charge < -0.3 is 24.8 Å². The third-order valence-corrected chi connectivity index (χ3v) is 4.45. The standard InChI is InChI=1S/C23H41N3O3.HI/c1-6-24-23(25-13-12-22(19(4)5)29-8-3)26-17-20-10-9-11-21(16-20)18-28-15-14-27-7-2;/h9-11,16,19,22H,6-8,12-15,17-18H2,1-5H3,(H2,24,25,26);1H. The second-order valence-corrected chi connectivity index (χ2v) is 7.22. The predicted octanol–water partition coefficient (Wildman–Crippen LogP) is 4.36. The van der Waals surface area contributed by atoms with Gasteiger partial charge in [0.1, 0.15) is 0 Å². The lowest BCUT2D eigenvalue weighted by Gasteiger charge is -2.21. The summed E-state index contributed by atoms with van der Waals surface area (Å²) in [6.07, 6.45) is 1.24. The minimum atomic E-state index is 0. The van der Waals surface area contributed by atoms with Crippen molar-refractivity contribution in [2.75, 3.05) is 39.5 Å². The monoisotopic (exact) mass is 535 g/mol. The Morgan fingerprint density at radius 3 is 2.40 bits per heavy atom. The fourth-order valence-corrected chi connectivity index (χ4v) is 2.94. The molecule has 6 nitrogen and oxygen atoms in total. The number of halogens is 1. The van der Waals surface area contributed by atoms with Crippen molar-refractivity contribution in [3.8, 4) is 0 Å². The molecule has 0 saturated heterocycles. The number of rotatable bonds is 15. The Morgan fingerprint density at radius 2 is 1.73 bits per heavy atom. The van der Waals surface area contributed by atoms with E-state index in [2.05, 4.69) is 55.7 Å². The highest BCUT2D eigenvalue weighted by Crippen LogP contribution is 2.10. The van der Waals surface area contributed by atoms with E-state index in [9.17, 15) is 0 Å². The van der Waals surface area contributed by atoms with E-state index >= 15 is 0 Å². The summed E-state index contributed by atoms with van der Waals surface area (Å²) in [6, 6.07) is 8.39. The van der Waals surface area contributed by atoms with E-state index < -0.39 is 0 Å². The molecule has 0 radical (unpaired) electrons. The van der Waals surface area contributed by atoms with E-state index in [1.807, 2.05) is 13.8 Å². The summed E-state index contributed by atoms with van der Waals surface area (Å²) in [7, 11) is 0. The van der Waals surface area contributed by atoms with Crippen molar-refractivity contribution < 1.29 is 14.2 Å². The first-order chi connectivity index (χ1) is 14.1. The quantitative estimate of drug-likeness (QED) is 0.151. The molecule has 1 atom stereocenters. The molecular weight excluding hydrogens is 493 g/mol. The SMILES string of the molecule is CCNC(=NCc1cccc(COCCOCC)c1)NCCC(OCC)C(C)C.I. The number of hydrogen-bond donors (Lipinski definition) is 2. The van der Waals surface area contributed by atoms with Gasteiger partial charge in [-0.3, -0.25) is 0 Å². The largest absolute Gasteiger partial charge is 0.379 e. The Bertz CT molecular complexity index is 570. The molecule has 1 rings (SSSR count). The van der Waals surface area contributed by atoms with Crippen LogP contribution in [0.3, 0.4) is 0 Å². The van der Waals surface area contributed by atoms with Crippen molar-refractivity contribution in [3.05, 3.63) is 35.4 Å². The maximum atomic E-state index is 5.82. The number of benzene rings is 1. The normalized spacial score (nSPS) is 12.5. The van der Waals surface area contributed by atoms with Crippen molar-refractivity contribution in [2.45, 2.75) is 60.3 Å². The summed E-state index contributed by atoms with van der Waals surface area (Å²) in [5, 5.41) is 6.74. The molecule has 0 saturated carbocycles. The van der Waals surface area contributed by atoms with Gasteiger partial charge in [-0.05, 0) is 44.2 Å². The summed E-state index contributed by atoms with van der Waals surface area (Å²) >= 11 is 0. The first kappa shape index (κ1) is 29.1. The second-order valence-electron chi connectivity index (χ2n) is 7.22. The summed E-state index contributed by atoms with van der Waals surface area (Å²) < 4.78 is 16.8. The molecule has 1 unspecified atom stereocenters. The number of aliphatic imine (C=N–C) groups is 1. The van der Waals surface area contributed by atoms with Gasteiger partial charge in [-0.2, -0.15) is 0 Å². The van der Waals surface area contributed by atoms with Crippen LogP contribution < -0.4 is 10.6 Å². The number of nitrogens with zero attached hydrogens (tertiary/aromatic N) is 1. The smallest absolute Gasteiger partial charge is 0.191 e. The van der Waals surface area contributed by atoms with Crippen LogP contribution in [-0.4, -0.2) is 51.6 Å². The van der Waals surface area contributed by atoms with Gasteiger partial charge in [0.25, 0.3) is 0 Å². The molecule has 0 aromatic heterocycles. The van der Waals surface area contributed by atoms with Crippen LogP contribution in [0.1, 0.15) is 52.2 Å². The fraction of sp³-hybridized carbons (Fsp3) is 0.696. The third kappa shape index (κ3) is 13.4. The van der Waals surface area contributed by atoms with Crippen LogP contribution in [0.25, 0.3) is 0 Å². The first-order valence-corrected chi connectivity index (χ1v) is 11.0. The molecule has 7 heteroatoms. The van der Waals surface area contributed by atoms with Crippen molar-refractivity contribution in [1.82, 2.24) is 10.6 Å². The molecule has 2 N–H and O–H groups in total. The molecule has 1 aromatic carbocycles. The third-order valence-electron chi connectivity index (χ3n) is 4.45. The van der Waals surface area contributed by atoms with Crippen molar-refractivity contribution in [3.63, 3.8) is 0 Å². The molecule has 0 fully saturated rings. The summed E-state index contributed by atoms with van der Waals surface area (Å²) in [5.74, 6) is 1.35. The topological polar surface area (TPSA) is 64.1 Å². The van der Waals surface area contributed by atoms with E-state index in [0.717, 1.165) is 44.2 Å². The van der Waals surface area contributed by atoms with Crippen LogP contribution in [0.4, 0.5) is 0 Å². The number of ether oxygens (including phenoxy) is 3. The van der Waals surface area contributed by atoms with Gasteiger partial charge in [-0.1, -0.05) is 38.1 Å². The molecule has 0 aliphatic rings. The molecule has 0 aliphatic carbocycles. The van der Waals surface area contributed by atoms with Gasteiger partial charge in [-0.25, -0.2) is 4.99 Å². The Hall–Kier alpha value is -0.900. The van der Waals surface area contributed by atoms with Crippen LogP contribution in [0, 0.1) is 5.92 Å². The fourth-order valence-electron chi connectivity index (χ4n) is 2.94. The van der Waals surface area contributed by atoms with Gasteiger partial charge in [0.05, 0.1) is 32.5 Å². The molecule has 0 heterocycles. The highest BCUT2D eigenvalue weighted by molar-refractivity contribution is 14.0. The van der Waals surface area contributed by atoms with Gasteiger partial charge in [0, 0.05) is 26.3 Å². The minimum absolute atomic E-state index is 0. The van der Waals surface area contributed by atoms with Crippen LogP contribution >= 0.6 is 24.0 Å². The summed E-state index contributed by atoms with van der Waals surface area (Å²) in [5.41, 5.74) is 2.33. The van der Waals surface area contributed by atoms with Crippen molar-refractivity contribution in [1.29, 1.82) is 0 Å². The first-order valence-electron chi connectivity index (χ1n) is 11.0. The Balaban J connectivity index is 0.00000841. The number of hydrogen-bond acceptors (Lipinski definition) is 4. The van der Waals surface area contributed by atoms with E-state index in [0.29, 0.717) is 32.3 Å². The number of guanidine groups is 1. The maximum absolute atomic E-state index is 5.82. The maximum Gasteiger partial charge on any atom is 0.191 e. The molecule has 30 heavy (non-hydrogen) atoms. The molecular formula is C23H42IN3O3. The molecule has 0 aliphatic heterocycles. The minimum Gasteiger partial charge on any atom is -0.379 e. The van der Waals surface area contributed by atoms with E-state index in [1.54, 1.807) is 0 Å². The van der Waals surface area contributed by atoms with E-state index in [1.165, 1.54) is 5.56 Å². The zero-order chi connectivity index (χ0) is 21.3. The Kier molecular flexibility index (Phi) is 18.3. The molecule has 174 valence electrons. The van der Waals surface area contributed by atoms with Crippen LogP contribution in [0.15, 0.2) is 29.3 Å². The Labute approximate surface area is 200 Å². The zero-order valence-corrected chi connectivity index (χ0v) is 21.7. The molecule has 0 spiro atoms. The van der Waals surface area contributed by atoms with Crippen molar-refractivity contribution >= 4 is 29.9 Å². The van der Waals surface area contributed by atoms with Crippen LogP contribution in [-0.2, 0) is 27.4 Å². The lowest BCUT2D eigenvalue weighted by atomic mass is 10.0. The van der Waals surface area contributed by atoms with Crippen LogP contribution in [0.2, 0.25) is 0 Å². The van der Waals surface area contributed by atoms with Gasteiger partial charge in [0.2, 0.25) is 0 Å². The highest BCUT2D eigenvalue weighted by Gasteiger charge is 2.12. The Morgan fingerprint density at radius 1 is 1.00 bits per heavy atom. The van der Waals surface area contributed by atoms with Crippen LogP contribution in [0.5, 0.6) is 0 Å². The zero-order valence-electron chi connectivity index (χ0n) is 19.4. The lowest BCUT2D eigenvalue weighted by molar-refractivity contribution is 0.0258. The average Bonchev–Trinajstić information content (AvgIpc) is 2.71. The molecule has 1 aromatic rings. The summed E-state index contributed by atoms with van der Waals surface area (Å²) in [6.45, 7) is 16.1. The molecule has 0 bridgehead atoms. The summed E-state index contributed by atoms with van der Waals surface area (Å²) in [4.78, 5) is 4.73. The lowest BCUT2D eigenvalue weighted by Crippen LogP contribution is -2.39. The van der Waals surface area contributed by atoms with E-state index in [4.69, 9.17) is 19.2 Å². The van der Waals surface area contributed by atoms with Crippen molar-refractivity contribution in [2.24, 2.45) is 10.9 Å². The highest BCUT2D eigenvalue weighted by atomic mass is 127. The molecule has 0 amide bonds. The average molecular weight is 536 g/mol.